The molecule has 100 valence electrons. The number of hydrogen-bond donors (Lipinski definition) is 2. The summed E-state index contributed by atoms with van der Waals surface area (Å²) >= 11 is 0. The van der Waals surface area contributed by atoms with Crippen LogP contribution in [0.15, 0.2) is 12.3 Å². The van der Waals surface area contributed by atoms with Crippen molar-refractivity contribution in [2.24, 2.45) is 11.8 Å². The highest BCUT2D eigenvalue weighted by molar-refractivity contribution is 5.98. The van der Waals surface area contributed by atoms with E-state index < -0.39 is 5.82 Å². The number of rotatable bonds is 5. The lowest BCUT2D eigenvalue weighted by molar-refractivity contribution is 0.0945. The number of halogens is 1. The first-order valence-electron chi connectivity index (χ1n) is 6.07. The third-order valence-electron chi connectivity index (χ3n) is 3.06. The first-order valence-corrected chi connectivity index (χ1v) is 6.07. The number of carbonyl (C=O) groups excluding carboxylic acids is 1. The molecule has 0 fully saturated rings. The molecule has 4 nitrogen and oxygen atoms in total. The number of nitrogens with one attached hydrogen (secondary N) is 2. The van der Waals surface area contributed by atoms with Gasteiger partial charge in [0.15, 0.2) is 0 Å². The van der Waals surface area contributed by atoms with Crippen LogP contribution in [0, 0.1) is 17.7 Å². The van der Waals surface area contributed by atoms with Crippen LogP contribution in [0.4, 0.5) is 10.2 Å². The zero-order chi connectivity index (χ0) is 13.7. The van der Waals surface area contributed by atoms with Crippen molar-refractivity contribution >= 4 is 11.7 Å². The number of nitrogens with zero attached hydrogens (tertiary/aromatic N) is 1. The van der Waals surface area contributed by atoms with Crippen LogP contribution in [0.3, 0.4) is 0 Å². The van der Waals surface area contributed by atoms with Gasteiger partial charge < -0.3 is 10.6 Å². The van der Waals surface area contributed by atoms with Crippen molar-refractivity contribution < 1.29 is 9.18 Å². The van der Waals surface area contributed by atoms with Gasteiger partial charge in [-0.05, 0) is 17.9 Å². The zero-order valence-electron chi connectivity index (χ0n) is 11.2. The van der Waals surface area contributed by atoms with Crippen molar-refractivity contribution in [2.75, 3.05) is 18.9 Å². The maximum Gasteiger partial charge on any atom is 0.255 e. The molecule has 18 heavy (non-hydrogen) atoms. The molecule has 0 saturated heterocycles. The molecule has 0 radical (unpaired) electrons. The lowest BCUT2D eigenvalue weighted by Gasteiger charge is -2.16. The summed E-state index contributed by atoms with van der Waals surface area (Å²) in [6.07, 6.45) is 1.08. The van der Waals surface area contributed by atoms with Crippen LogP contribution in [-0.4, -0.2) is 24.5 Å². The lowest BCUT2D eigenvalue weighted by atomic mass is 9.98. The predicted molar refractivity (Wildman–Crippen MR) is 70.1 cm³/mol. The van der Waals surface area contributed by atoms with Gasteiger partial charge in [0.05, 0.1) is 11.8 Å². The molecule has 0 spiro atoms. The van der Waals surface area contributed by atoms with Crippen LogP contribution < -0.4 is 10.6 Å². The van der Waals surface area contributed by atoms with E-state index in [2.05, 4.69) is 36.4 Å². The second-order valence-corrected chi connectivity index (χ2v) is 4.73. The molecule has 1 heterocycles. The third kappa shape index (κ3) is 3.68. The Morgan fingerprint density at radius 3 is 2.67 bits per heavy atom. The molecular formula is C13H20FN3O. The van der Waals surface area contributed by atoms with Crippen molar-refractivity contribution in [1.29, 1.82) is 0 Å². The molecule has 1 unspecified atom stereocenters. The SMILES string of the molecule is CNc1ncc(F)cc1C(=O)NCC(C)C(C)C. The molecule has 0 aliphatic rings. The molecule has 1 aromatic heterocycles. The first-order chi connectivity index (χ1) is 8.45. The van der Waals surface area contributed by atoms with Crippen molar-refractivity contribution in [3.63, 3.8) is 0 Å². The van der Waals surface area contributed by atoms with E-state index in [1.807, 2.05) is 0 Å². The van der Waals surface area contributed by atoms with E-state index in [1.165, 1.54) is 6.07 Å². The van der Waals surface area contributed by atoms with E-state index >= 15 is 0 Å². The van der Waals surface area contributed by atoms with Crippen LogP contribution in [0.25, 0.3) is 0 Å². The van der Waals surface area contributed by atoms with Gasteiger partial charge >= 0.3 is 0 Å². The molecule has 0 saturated carbocycles. The molecule has 1 aromatic rings. The highest BCUT2D eigenvalue weighted by Crippen LogP contribution is 2.13. The van der Waals surface area contributed by atoms with Crippen LogP contribution in [0.5, 0.6) is 0 Å². The van der Waals surface area contributed by atoms with Gasteiger partial charge in [0.25, 0.3) is 5.91 Å². The number of pyridine rings is 1. The summed E-state index contributed by atoms with van der Waals surface area (Å²) in [4.78, 5) is 15.8. The Morgan fingerprint density at radius 2 is 2.11 bits per heavy atom. The van der Waals surface area contributed by atoms with E-state index in [1.54, 1.807) is 7.05 Å². The van der Waals surface area contributed by atoms with Crippen LogP contribution >= 0.6 is 0 Å². The fourth-order valence-electron chi connectivity index (χ4n) is 1.40. The molecule has 1 atom stereocenters. The number of aromatic nitrogens is 1. The largest absolute Gasteiger partial charge is 0.372 e. The van der Waals surface area contributed by atoms with Crippen molar-refractivity contribution in [1.82, 2.24) is 10.3 Å². The first kappa shape index (κ1) is 14.4. The second-order valence-electron chi connectivity index (χ2n) is 4.73. The molecule has 0 aliphatic carbocycles. The number of amides is 1. The Kier molecular flexibility index (Phi) is 5.07. The van der Waals surface area contributed by atoms with Gasteiger partial charge in [-0.1, -0.05) is 20.8 Å². The van der Waals surface area contributed by atoms with Crippen LogP contribution in [-0.2, 0) is 0 Å². The fraction of sp³-hybridized carbons (Fsp3) is 0.538. The van der Waals surface area contributed by atoms with E-state index in [0.29, 0.717) is 24.2 Å². The minimum atomic E-state index is -0.518. The topological polar surface area (TPSA) is 54.0 Å². The summed E-state index contributed by atoms with van der Waals surface area (Å²) in [7, 11) is 1.65. The molecular weight excluding hydrogens is 233 g/mol. The number of carbonyl (C=O) groups is 1. The van der Waals surface area contributed by atoms with Gasteiger partial charge in [-0.3, -0.25) is 4.79 Å². The Balaban J connectivity index is 2.75. The number of hydrogen-bond acceptors (Lipinski definition) is 3. The highest BCUT2D eigenvalue weighted by atomic mass is 19.1. The van der Waals surface area contributed by atoms with Crippen molar-refractivity contribution in [3.8, 4) is 0 Å². The fourth-order valence-corrected chi connectivity index (χ4v) is 1.40. The molecule has 0 aliphatic heterocycles. The van der Waals surface area contributed by atoms with Gasteiger partial charge in [0.1, 0.15) is 11.6 Å². The molecule has 2 N–H and O–H groups in total. The number of anilines is 1. The van der Waals surface area contributed by atoms with Gasteiger partial charge in [-0.2, -0.15) is 0 Å². The lowest BCUT2D eigenvalue weighted by Crippen LogP contribution is -2.30. The van der Waals surface area contributed by atoms with E-state index in [9.17, 15) is 9.18 Å². The summed E-state index contributed by atoms with van der Waals surface area (Å²) < 4.78 is 13.1. The summed E-state index contributed by atoms with van der Waals surface area (Å²) in [6, 6.07) is 1.19. The van der Waals surface area contributed by atoms with Crippen LogP contribution in [0.1, 0.15) is 31.1 Å². The summed E-state index contributed by atoms with van der Waals surface area (Å²) in [5.74, 6) is 0.411. The maximum absolute atomic E-state index is 13.1. The van der Waals surface area contributed by atoms with E-state index in [-0.39, 0.29) is 11.5 Å². The molecule has 1 rings (SSSR count). The zero-order valence-corrected chi connectivity index (χ0v) is 11.2. The average Bonchev–Trinajstić information content (AvgIpc) is 2.35. The molecule has 5 heteroatoms. The Hall–Kier alpha value is -1.65. The smallest absolute Gasteiger partial charge is 0.255 e. The Morgan fingerprint density at radius 1 is 1.44 bits per heavy atom. The van der Waals surface area contributed by atoms with Gasteiger partial charge in [-0.25, -0.2) is 9.37 Å². The Bertz CT molecular complexity index is 421. The van der Waals surface area contributed by atoms with Crippen molar-refractivity contribution in [2.45, 2.75) is 20.8 Å². The molecule has 1 amide bonds. The minimum absolute atomic E-state index is 0.230. The summed E-state index contributed by atoms with van der Waals surface area (Å²) in [5, 5.41) is 5.57. The molecule has 0 aromatic carbocycles. The maximum atomic E-state index is 13.1. The Labute approximate surface area is 107 Å². The second kappa shape index (κ2) is 6.33. The monoisotopic (exact) mass is 253 g/mol. The average molecular weight is 253 g/mol. The van der Waals surface area contributed by atoms with Gasteiger partial charge in [0, 0.05) is 13.6 Å². The molecule has 0 bridgehead atoms. The van der Waals surface area contributed by atoms with E-state index in [4.69, 9.17) is 0 Å². The third-order valence-corrected chi connectivity index (χ3v) is 3.06. The van der Waals surface area contributed by atoms with E-state index in [0.717, 1.165) is 6.20 Å². The van der Waals surface area contributed by atoms with Gasteiger partial charge in [0.2, 0.25) is 0 Å². The van der Waals surface area contributed by atoms with Crippen molar-refractivity contribution in [3.05, 3.63) is 23.6 Å². The summed E-state index contributed by atoms with van der Waals surface area (Å²) in [6.45, 7) is 6.82. The van der Waals surface area contributed by atoms with Crippen LogP contribution in [0.2, 0.25) is 0 Å². The quantitative estimate of drug-likeness (QED) is 0.846. The summed E-state index contributed by atoms with van der Waals surface area (Å²) in [5.41, 5.74) is 0.230. The predicted octanol–water partition coefficient (Wildman–Crippen LogP) is 2.28. The highest BCUT2D eigenvalue weighted by Gasteiger charge is 2.15. The normalized spacial score (nSPS) is 12.3. The minimum Gasteiger partial charge on any atom is -0.372 e. The standard InChI is InChI=1S/C13H20FN3O/c1-8(2)9(3)6-17-13(18)11-5-10(14)7-16-12(11)15-4/h5,7-9H,6H2,1-4H3,(H,15,16)(H,17,18). The van der Waals surface area contributed by atoms with Gasteiger partial charge in [-0.15, -0.1) is 0 Å².